The van der Waals surface area contributed by atoms with Gasteiger partial charge in [-0.2, -0.15) is 0 Å². The molecule has 0 bridgehead atoms. The Morgan fingerprint density at radius 2 is 2.00 bits per heavy atom. The maximum Gasteiger partial charge on any atom is 0.231 e. The molecule has 0 aliphatic carbocycles. The number of nitrogens with zero attached hydrogens (tertiary/aromatic N) is 1. The second kappa shape index (κ2) is 7.67. The van der Waals surface area contributed by atoms with Gasteiger partial charge in [-0.05, 0) is 31.2 Å². The Hall–Kier alpha value is -3.06. The Bertz CT molecular complexity index is 953. The van der Waals surface area contributed by atoms with Crippen molar-refractivity contribution >= 4 is 22.9 Å². The average Bonchev–Trinajstić information content (AvgIpc) is 3.30. The monoisotopic (exact) mass is 382 g/mol. The predicted molar refractivity (Wildman–Crippen MR) is 103 cm³/mol. The molecule has 1 aliphatic heterocycles. The molecule has 0 radical (unpaired) electrons. The van der Waals surface area contributed by atoms with Crippen LogP contribution in [0.25, 0.3) is 0 Å². The van der Waals surface area contributed by atoms with Crippen molar-refractivity contribution < 1.29 is 19.0 Å². The highest BCUT2D eigenvalue weighted by atomic mass is 32.1. The van der Waals surface area contributed by atoms with E-state index in [-0.39, 0.29) is 19.1 Å². The van der Waals surface area contributed by atoms with Crippen LogP contribution < -0.4 is 19.5 Å². The second-order valence-electron chi connectivity index (χ2n) is 6.13. The number of hydrogen-bond acceptors (Lipinski definition) is 6. The van der Waals surface area contributed by atoms with E-state index in [1.165, 1.54) is 16.9 Å². The maximum atomic E-state index is 12.3. The number of thiazole rings is 1. The molecule has 0 saturated heterocycles. The number of ether oxygens (including phenoxy) is 3. The Morgan fingerprint density at radius 1 is 1.19 bits per heavy atom. The number of aryl methyl sites for hydroxylation is 1. The lowest BCUT2D eigenvalue weighted by molar-refractivity contribution is -0.115. The number of anilines is 1. The third-order valence-corrected chi connectivity index (χ3v) is 4.85. The van der Waals surface area contributed by atoms with Crippen molar-refractivity contribution in [1.29, 1.82) is 0 Å². The average molecular weight is 382 g/mol. The molecule has 3 aromatic rings. The first-order valence-corrected chi connectivity index (χ1v) is 9.36. The normalized spacial score (nSPS) is 12.0. The fourth-order valence-corrected chi connectivity index (χ4v) is 3.32. The van der Waals surface area contributed by atoms with Gasteiger partial charge < -0.3 is 19.5 Å². The smallest absolute Gasteiger partial charge is 0.231 e. The molecule has 27 heavy (non-hydrogen) atoms. The minimum absolute atomic E-state index is 0.134. The molecule has 7 heteroatoms. The highest BCUT2D eigenvalue weighted by molar-refractivity contribution is 7.09. The summed E-state index contributed by atoms with van der Waals surface area (Å²) < 4.78 is 16.3. The number of carbonyl (C=O) groups is 1. The molecule has 2 heterocycles. The van der Waals surface area contributed by atoms with Crippen molar-refractivity contribution in [2.24, 2.45) is 0 Å². The first-order valence-electron chi connectivity index (χ1n) is 8.48. The molecule has 4 rings (SSSR count). The quantitative estimate of drug-likeness (QED) is 0.699. The van der Waals surface area contributed by atoms with E-state index in [9.17, 15) is 4.79 Å². The zero-order chi connectivity index (χ0) is 18.6. The molecule has 2 aromatic carbocycles. The van der Waals surface area contributed by atoms with Crippen molar-refractivity contribution in [3.8, 4) is 17.2 Å². The second-order valence-corrected chi connectivity index (χ2v) is 7.07. The summed E-state index contributed by atoms with van der Waals surface area (Å²) in [6.45, 7) is 2.63. The van der Waals surface area contributed by atoms with Crippen LogP contribution in [0.1, 0.15) is 16.3 Å². The molecule has 1 aliphatic rings. The Labute approximate surface area is 160 Å². The molecule has 0 spiro atoms. The fourth-order valence-electron chi connectivity index (χ4n) is 2.62. The molecular weight excluding hydrogens is 364 g/mol. The van der Waals surface area contributed by atoms with Gasteiger partial charge >= 0.3 is 0 Å². The number of carbonyl (C=O) groups excluding carboxylic acids is 1. The number of benzene rings is 2. The molecule has 138 valence electrons. The van der Waals surface area contributed by atoms with Gasteiger partial charge in [0.25, 0.3) is 0 Å². The molecule has 0 fully saturated rings. The third-order valence-electron chi connectivity index (χ3n) is 3.98. The van der Waals surface area contributed by atoms with E-state index in [4.69, 9.17) is 14.2 Å². The topological polar surface area (TPSA) is 69.7 Å². The van der Waals surface area contributed by atoms with Crippen molar-refractivity contribution in [3.05, 3.63) is 64.1 Å². The number of rotatable bonds is 6. The number of hydrogen-bond donors (Lipinski definition) is 1. The van der Waals surface area contributed by atoms with E-state index in [0.29, 0.717) is 23.8 Å². The lowest BCUT2D eigenvalue weighted by Gasteiger charge is -2.05. The molecule has 1 aromatic heterocycles. The van der Waals surface area contributed by atoms with Gasteiger partial charge in [0.05, 0.1) is 12.1 Å². The largest absolute Gasteiger partial charge is 0.486 e. The van der Waals surface area contributed by atoms with Crippen LogP contribution >= 0.6 is 11.3 Å². The zero-order valence-electron chi connectivity index (χ0n) is 14.7. The summed E-state index contributed by atoms with van der Waals surface area (Å²) in [5.74, 6) is 1.99. The summed E-state index contributed by atoms with van der Waals surface area (Å²) in [6.07, 6.45) is 0.204. The van der Waals surface area contributed by atoms with Crippen LogP contribution in [0.3, 0.4) is 0 Å². The molecule has 0 unspecified atom stereocenters. The van der Waals surface area contributed by atoms with Gasteiger partial charge in [-0.25, -0.2) is 4.98 Å². The van der Waals surface area contributed by atoms with Crippen LogP contribution in [-0.4, -0.2) is 17.7 Å². The first kappa shape index (κ1) is 17.4. The Balaban J connectivity index is 1.30. The van der Waals surface area contributed by atoms with Crippen LogP contribution in [0.2, 0.25) is 0 Å². The van der Waals surface area contributed by atoms with E-state index < -0.39 is 0 Å². The molecule has 0 saturated carbocycles. The molecule has 1 amide bonds. The van der Waals surface area contributed by atoms with Gasteiger partial charge in [0.15, 0.2) is 11.5 Å². The van der Waals surface area contributed by atoms with E-state index >= 15 is 0 Å². The summed E-state index contributed by atoms with van der Waals surface area (Å²) in [7, 11) is 0. The minimum atomic E-state index is -0.134. The maximum absolute atomic E-state index is 12.3. The first-order chi connectivity index (χ1) is 13.2. The van der Waals surface area contributed by atoms with Crippen molar-refractivity contribution in [1.82, 2.24) is 4.98 Å². The van der Waals surface area contributed by atoms with Crippen LogP contribution in [0.15, 0.2) is 47.8 Å². The highest BCUT2D eigenvalue weighted by Crippen LogP contribution is 2.34. The molecule has 0 atom stereocenters. The predicted octanol–water partition coefficient (Wildman–Crippen LogP) is 3.94. The SMILES string of the molecule is Cc1ccc(OCc2nc(CC(=O)Nc3ccc4c(c3)OCO4)cs2)cc1. The lowest BCUT2D eigenvalue weighted by atomic mass is 10.2. The van der Waals surface area contributed by atoms with Crippen molar-refractivity contribution in [2.45, 2.75) is 20.0 Å². The van der Waals surface area contributed by atoms with E-state index in [0.717, 1.165) is 16.5 Å². The van der Waals surface area contributed by atoms with Crippen LogP contribution in [0, 0.1) is 6.92 Å². The van der Waals surface area contributed by atoms with Gasteiger partial charge in [-0.15, -0.1) is 11.3 Å². The van der Waals surface area contributed by atoms with Crippen LogP contribution in [0.4, 0.5) is 5.69 Å². The van der Waals surface area contributed by atoms with Gasteiger partial charge in [0.1, 0.15) is 17.4 Å². The van der Waals surface area contributed by atoms with Crippen molar-refractivity contribution in [3.63, 3.8) is 0 Å². The summed E-state index contributed by atoms with van der Waals surface area (Å²) >= 11 is 1.48. The summed E-state index contributed by atoms with van der Waals surface area (Å²) in [4.78, 5) is 16.7. The molecule has 1 N–H and O–H groups in total. The van der Waals surface area contributed by atoms with Gasteiger partial charge in [0, 0.05) is 17.1 Å². The number of nitrogens with one attached hydrogen (secondary N) is 1. The van der Waals surface area contributed by atoms with E-state index in [1.54, 1.807) is 18.2 Å². The van der Waals surface area contributed by atoms with Gasteiger partial charge in [0.2, 0.25) is 12.7 Å². The minimum Gasteiger partial charge on any atom is -0.486 e. The lowest BCUT2D eigenvalue weighted by Crippen LogP contribution is -2.14. The van der Waals surface area contributed by atoms with Gasteiger partial charge in [-0.1, -0.05) is 17.7 Å². The number of amides is 1. The van der Waals surface area contributed by atoms with Gasteiger partial charge in [-0.3, -0.25) is 4.79 Å². The summed E-state index contributed by atoms with van der Waals surface area (Å²) in [5.41, 5.74) is 2.58. The zero-order valence-corrected chi connectivity index (χ0v) is 15.5. The van der Waals surface area contributed by atoms with E-state index in [2.05, 4.69) is 10.3 Å². The Kier molecular flexibility index (Phi) is 4.93. The Morgan fingerprint density at radius 3 is 2.85 bits per heavy atom. The third kappa shape index (κ3) is 4.38. The van der Waals surface area contributed by atoms with Crippen LogP contribution in [0.5, 0.6) is 17.2 Å². The van der Waals surface area contributed by atoms with Crippen molar-refractivity contribution in [2.75, 3.05) is 12.1 Å². The highest BCUT2D eigenvalue weighted by Gasteiger charge is 2.15. The fraction of sp³-hybridized carbons (Fsp3) is 0.200. The van der Waals surface area contributed by atoms with E-state index in [1.807, 2.05) is 36.6 Å². The summed E-state index contributed by atoms with van der Waals surface area (Å²) in [5, 5.41) is 5.57. The number of aromatic nitrogens is 1. The summed E-state index contributed by atoms with van der Waals surface area (Å²) in [6, 6.07) is 13.2. The molecular formula is C20H18N2O4S. The van der Waals surface area contributed by atoms with Crippen LogP contribution in [-0.2, 0) is 17.8 Å². The number of fused-ring (bicyclic) bond motifs is 1. The standard InChI is InChI=1S/C20H18N2O4S/c1-13-2-5-16(6-3-13)24-10-20-22-15(11-27-20)9-19(23)21-14-4-7-17-18(8-14)26-12-25-17/h2-8,11H,9-10,12H2,1H3,(H,21,23). The molecule has 6 nitrogen and oxygen atoms in total.